The number of amides is 3. The lowest BCUT2D eigenvalue weighted by molar-refractivity contribution is -0.142. The van der Waals surface area contributed by atoms with Gasteiger partial charge in [-0.1, -0.05) is 18.2 Å². The fraction of sp³-hybridized carbons (Fsp3) is 0.429. The average molecular weight is 429 g/mol. The number of aromatic nitrogens is 1. The van der Waals surface area contributed by atoms with E-state index < -0.39 is 0 Å². The van der Waals surface area contributed by atoms with Crippen molar-refractivity contribution in [2.75, 3.05) is 38.1 Å². The Morgan fingerprint density at radius 1 is 1.13 bits per heavy atom. The molecule has 0 aliphatic carbocycles. The highest BCUT2D eigenvalue weighted by Gasteiger charge is 2.32. The Morgan fingerprint density at radius 3 is 2.57 bits per heavy atom. The minimum atomic E-state index is -0.329. The minimum Gasteiger partial charge on any atom is -0.368 e. The molecule has 2 aliphatic rings. The smallest absolute Gasteiger partial charge is 0.273 e. The average Bonchev–Trinajstić information content (AvgIpc) is 3.45. The summed E-state index contributed by atoms with van der Waals surface area (Å²) in [5.74, 6) is -0.413. The largest absolute Gasteiger partial charge is 0.368 e. The molecule has 2 fully saturated rings. The molecular formula is C21H24N4O4S. The van der Waals surface area contributed by atoms with E-state index in [2.05, 4.69) is 10.3 Å². The number of benzene rings is 1. The molecule has 30 heavy (non-hydrogen) atoms. The first kappa shape index (κ1) is 20.5. The first-order valence-electron chi connectivity index (χ1n) is 10.0. The standard InChI is InChI=1S/C21H24N4O4S/c1-14-5-2-3-6-15(14)18(26)23-21-22-16(13-30-21)19(27)24-8-10-25(11-9-24)20(28)17-7-4-12-29-17/h2-3,5-6,13,17H,4,7-12H2,1H3,(H,22,23,26)/t17-/m1/s1. The molecule has 1 aromatic heterocycles. The van der Waals surface area contributed by atoms with Crippen molar-refractivity contribution >= 4 is 34.2 Å². The van der Waals surface area contributed by atoms with Gasteiger partial charge in [0.15, 0.2) is 5.13 Å². The van der Waals surface area contributed by atoms with Crippen LogP contribution in [0.25, 0.3) is 0 Å². The number of piperazine rings is 1. The molecule has 0 radical (unpaired) electrons. The lowest BCUT2D eigenvalue weighted by atomic mass is 10.1. The maximum Gasteiger partial charge on any atom is 0.273 e. The second kappa shape index (κ2) is 8.93. The number of carbonyl (C=O) groups excluding carboxylic acids is 3. The van der Waals surface area contributed by atoms with Crippen molar-refractivity contribution in [3.63, 3.8) is 0 Å². The Kier molecular flexibility index (Phi) is 6.10. The van der Waals surface area contributed by atoms with Gasteiger partial charge in [0, 0.05) is 43.7 Å². The van der Waals surface area contributed by atoms with Gasteiger partial charge in [-0.25, -0.2) is 4.98 Å². The third-order valence-electron chi connectivity index (χ3n) is 5.42. The Bertz CT molecular complexity index is 946. The quantitative estimate of drug-likeness (QED) is 0.806. The molecule has 1 atom stereocenters. The van der Waals surface area contributed by atoms with Gasteiger partial charge in [-0.3, -0.25) is 19.7 Å². The highest BCUT2D eigenvalue weighted by molar-refractivity contribution is 7.14. The second-order valence-electron chi connectivity index (χ2n) is 7.43. The van der Waals surface area contributed by atoms with Crippen molar-refractivity contribution in [1.82, 2.24) is 14.8 Å². The zero-order valence-electron chi connectivity index (χ0n) is 16.8. The first-order valence-corrected chi connectivity index (χ1v) is 10.9. The minimum absolute atomic E-state index is 0.0226. The van der Waals surface area contributed by atoms with Crippen LogP contribution in [0.4, 0.5) is 5.13 Å². The third kappa shape index (κ3) is 4.36. The summed E-state index contributed by atoms with van der Waals surface area (Å²) in [6, 6.07) is 7.30. The van der Waals surface area contributed by atoms with Crippen LogP contribution in [0, 0.1) is 6.92 Å². The monoisotopic (exact) mass is 428 g/mol. The molecule has 2 aliphatic heterocycles. The van der Waals surface area contributed by atoms with E-state index in [0.717, 1.165) is 18.4 Å². The van der Waals surface area contributed by atoms with E-state index in [1.807, 2.05) is 25.1 Å². The van der Waals surface area contributed by atoms with Crippen LogP contribution in [-0.4, -0.2) is 71.4 Å². The van der Waals surface area contributed by atoms with Gasteiger partial charge < -0.3 is 14.5 Å². The van der Waals surface area contributed by atoms with E-state index >= 15 is 0 Å². The number of nitrogens with zero attached hydrogens (tertiary/aromatic N) is 3. The van der Waals surface area contributed by atoms with Crippen molar-refractivity contribution in [1.29, 1.82) is 0 Å². The number of ether oxygens (including phenoxy) is 1. The summed E-state index contributed by atoms with van der Waals surface area (Å²) in [5, 5.41) is 4.80. The normalized spacial score (nSPS) is 19.0. The van der Waals surface area contributed by atoms with E-state index in [1.165, 1.54) is 11.3 Å². The molecule has 2 saturated heterocycles. The molecule has 3 heterocycles. The molecule has 0 spiro atoms. The molecular weight excluding hydrogens is 404 g/mol. The lowest BCUT2D eigenvalue weighted by Crippen LogP contribution is -2.52. The second-order valence-corrected chi connectivity index (χ2v) is 8.28. The van der Waals surface area contributed by atoms with Crippen LogP contribution in [0.3, 0.4) is 0 Å². The Balaban J connectivity index is 1.33. The van der Waals surface area contributed by atoms with Crippen molar-refractivity contribution in [3.05, 3.63) is 46.5 Å². The maximum atomic E-state index is 12.8. The van der Waals surface area contributed by atoms with Gasteiger partial charge in [0.1, 0.15) is 11.8 Å². The van der Waals surface area contributed by atoms with Crippen LogP contribution < -0.4 is 5.32 Å². The summed E-state index contributed by atoms with van der Waals surface area (Å²) in [7, 11) is 0. The van der Waals surface area contributed by atoms with Gasteiger partial charge in [0.2, 0.25) is 0 Å². The zero-order valence-corrected chi connectivity index (χ0v) is 17.6. The van der Waals surface area contributed by atoms with Crippen molar-refractivity contribution in [2.45, 2.75) is 25.9 Å². The molecule has 0 saturated carbocycles. The summed E-state index contributed by atoms with van der Waals surface area (Å²) in [4.78, 5) is 45.4. The first-order chi connectivity index (χ1) is 14.5. The summed E-state index contributed by atoms with van der Waals surface area (Å²) < 4.78 is 5.47. The zero-order chi connectivity index (χ0) is 21.1. The highest BCUT2D eigenvalue weighted by atomic mass is 32.1. The number of hydrogen-bond donors (Lipinski definition) is 1. The van der Waals surface area contributed by atoms with Crippen LogP contribution in [0.5, 0.6) is 0 Å². The number of carbonyl (C=O) groups is 3. The number of aryl methyl sites for hydroxylation is 1. The van der Waals surface area contributed by atoms with Crippen LogP contribution in [0.15, 0.2) is 29.6 Å². The summed E-state index contributed by atoms with van der Waals surface area (Å²) in [6.07, 6.45) is 1.36. The van der Waals surface area contributed by atoms with E-state index in [0.29, 0.717) is 49.2 Å². The predicted molar refractivity (Wildman–Crippen MR) is 113 cm³/mol. The molecule has 0 bridgehead atoms. The fourth-order valence-corrected chi connectivity index (χ4v) is 4.37. The van der Waals surface area contributed by atoms with Crippen molar-refractivity contribution in [2.24, 2.45) is 0 Å². The fourth-order valence-electron chi connectivity index (χ4n) is 3.69. The van der Waals surface area contributed by atoms with Gasteiger partial charge >= 0.3 is 0 Å². The SMILES string of the molecule is Cc1ccccc1C(=O)Nc1nc(C(=O)N2CCN(C(=O)[C@H]3CCCO3)CC2)cs1. The summed E-state index contributed by atoms with van der Waals surface area (Å²) >= 11 is 1.22. The van der Waals surface area contributed by atoms with Crippen LogP contribution in [0.1, 0.15) is 39.3 Å². The molecule has 0 unspecified atom stereocenters. The lowest BCUT2D eigenvalue weighted by Gasteiger charge is -2.35. The summed E-state index contributed by atoms with van der Waals surface area (Å²) in [5.41, 5.74) is 1.75. The number of anilines is 1. The molecule has 1 N–H and O–H groups in total. The number of hydrogen-bond acceptors (Lipinski definition) is 6. The van der Waals surface area contributed by atoms with E-state index in [4.69, 9.17) is 4.74 Å². The van der Waals surface area contributed by atoms with Crippen LogP contribution in [-0.2, 0) is 9.53 Å². The molecule has 1 aromatic carbocycles. The molecule has 3 amide bonds. The molecule has 2 aromatic rings. The van der Waals surface area contributed by atoms with Crippen molar-refractivity contribution < 1.29 is 19.1 Å². The van der Waals surface area contributed by atoms with Gasteiger partial charge in [-0.05, 0) is 31.4 Å². The van der Waals surface area contributed by atoms with E-state index in [1.54, 1.807) is 21.2 Å². The molecule has 158 valence electrons. The van der Waals surface area contributed by atoms with E-state index in [-0.39, 0.29) is 23.8 Å². The predicted octanol–water partition coefficient (Wildman–Crippen LogP) is 2.17. The van der Waals surface area contributed by atoms with Gasteiger partial charge in [-0.2, -0.15) is 0 Å². The van der Waals surface area contributed by atoms with Gasteiger partial charge in [0.05, 0.1) is 0 Å². The van der Waals surface area contributed by atoms with Crippen LogP contribution >= 0.6 is 11.3 Å². The number of nitrogens with one attached hydrogen (secondary N) is 1. The van der Waals surface area contributed by atoms with Crippen LogP contribution in [0.2, 0.25) is 0 Å². The Labute approximate surface area is 178 Å². The number of rotatable bonds is 4. The van der Waals surface area contributed by atoms with Gasteiger partial charge in [0.25, 0.3) is 17.7 Å². The molecule has 9 heteroatoms. The maximum absolute atomic E-state index is 12.8. The molecule has 8 nitrogen and oxygen atoms in total. The highest BCUT2D eigenvalue weighted by Crippen LogP contribution is 2.20. The Morgan fingerprint density at radius 2 is 1.87 bits per heavy atom. The van der Waals surface area contributed by atoms with E-state index in [9.17, 15) is 14.4 Å². The van der Waals surface area contributed by atoms with Gasteiger partial charge in [-0.15, -0.1) is 11.3 Å². The summed E-state index contributed by atoms with van der Waals surface area (Å²) in [6.45, 7) is 4.41. The molecule has 4 rings (SSSR count). The number of thiazole rings is 1. The Hall–Kier alpha value is -2.78. The third-order valence-corrected chi connectivity index (χ3v) is 6.17. The topological polar surface area (TPSA) is 91.8 Å². The van der Waals surface area contributed by atoms with Crippen molar-refractivity contribution in [3.8, 4) is 0 Å².